The van der Waals surface area contributed by atoms with Gasteiger partial charge in [0.05, 0.1) is 7.11 Å². The maximum Gasteiger partial charge on any atom is 0.320 e. The van der Waals surface area contributed by atoms with E-state index in [0.29, 0.717) is 6.54 Å². The highest BCUT2D eigenvalue weighted by atomic mass is 32.2. The van der Waals surface area contributed by atoms with Crippen LogP contribution in [0.2, 0.25) is 0 Å². The van der Waals surface area contributed by atoms with E-state index in [1.165, 1.54) is 12.7 Å². The number of hydrogen-bond donors (Lipinski definition) is 1. The van der Waals surface area contributed by atoms with Crippen LogP contribution in [-0.2, 0) is 16.0 Å². The number of benzene rings is 1. The Bertz CT molecular complexity index is 482. The lowest BCUT2D eigenvalue weighted by atomic mass is 10.1. The van der Waals surface area contributed by atoms with Gasteiger partial charge in [0.2, 0.25) is 0 Å². The van der Waals surface area contributed by atoms with Gasteiger partial charge in [-0.3, -0.25) is 4.79 Å². The minimum absolute atomic E-state index is 0.141. The Morgan fingerprint density at radius 1 is 1.48 bits per heavy atom. The molecule has 0 saturated carbocycles. The molecule has 0 amide bonds. The van der Waals surface area contributed by atoms with Crippen LogP contribution in [0.1, 0.15) is 5.56 Å². The van der Waals surface area contributed by atoms with Crippen molar-refractivity contribution >= 4 is 35.1 Å². The number of thiocarbonyl (C=S) groups is 1. The molecule has 0 aromatic heterocycles. The topological polar surface area (TPSA) is 41.6 Å². The van der Waals surface area contributed by atoms with Crippen molar-refractivity contribution < 1.29 is 9.53 Å². The number of carbonyl (C=O) groups is 1. The third-order valence-electron chi connectivity index (χ3n) is 3.35. The molecule has 1 heterocycles. The zero-order valence-corrected chi connectivity index (χ0v) is 13.7. The summed E-state index contributed by atoms with van der Waals surface area (Å²) >= 11 is 7.05. The summed E-state index contributed by atoms with van der Waals surface area (Å²) in [6.07, 6.45) is 0.935. The van der Waals surface area contributed by atoms with Gasteiger partial charge < -0.3 is 15.0 Å². The van der Waals surface area contributed by atoms with E-state index in [2.05, 4.69) is 22.3 Å². The van der Waals surface area contributed by atoms with Crippen molar-refractivity contribution in [2.24, 2.45) is 0 Å². The van der Waals surface area contributed by atoms with E-state index >= 15 is 0 Å². The van der Waals surface area contributed by atoms with Gasteiger partial charge in [0.15, 0.2) is 5.11 Å². The van der Waals surface area contributed by atoms with E-state index in [1.54, 1.807) is 11.8 Å². The summed E-state index contributed by atoms with van der Waals surface area (Å²) in [4.78, 5) is 13.7. The predicted octanol–water partition coefficient (Wildman–Crippen LogP) is 1.69. The molecule has 0 spiro atoms. The first-order valence-corrected chi connectivity index (χ1v) is 8.42. The fourth-order valence-electron chi connectivity index (χ4n) is 2.18. The SMILES string of the molecule is COC(=O)[C@H]1CN(C(=S)NCCc2ccccc2)CCS1. The summed E-state index contributed by atoms with van der Waals surface area (Å²) in [6.45, 7) is 2.29. The van der Waals surface area contributed by atoms with Crippen LogP contribution in [0.15, 0.2) is 30.3 Å². The molecule has 0 bridgehead atoms. The highest BCUT2D eigenvalue weighted by Crippen LogP contribution is 2.19. The molecule has 1 fully saturated rings. The van der Waals surface area contributed by atoms with Crippen LogP contribution in [0.25, 0.3) is 0 Å². The average molecular weight is 324 g/mol. The van der Waals surface area contributed by atoms with E-state index in [4.69, 9.17) is 17.0 Å². The zero-order valence-electron chi connectivity index (χ0n) is 12.1. The van der Waals surface area contributed by atoms with Gasteiger partial charge in [-0.1, -0.05) is 30.3 Å². The number of hydrogen-bond acceptors (Lipinski definition) is 4. The molecular formula is C15H20N2O2S2. The molecule has 6 heteroatoms. The van der Waals surface area contributed by atoms with Gasteiger partial charge >= 0.3 is 5.97 Å². The molecule has 4 nitrogen and oxygen atoms in total. The fraction of sp³-hybridized carbons (Fsp3) is 0.467. The lowest BCUT2D eigenvalue weighted by Crippen LogP contribution is -2.49. The van der Waals surface area contributed by atoms with Gasteiger partial charge in [-0.15, -0.1) is 11.8 Å². The Labute approximate surface area is 135 Å². The Balaban J connectivity index is 1.76. The van der Waals surface area contributed by atoms with Crippen LogP contribution >= 0.6 is 24.0 Å². The van der Waals surface area contributed by atoms with Gasteiger partial charge in [0, 0.05) is 25.4 Å². The largest absolute Gasteiger partial charge is 0.468 e. The number of rotatable bonds is 4. The van der Waals surface area contributed by atoms with Crippen molar-refractivity contribution in [2.45, 2.75) is 11.7 Å². The zero-order chi connectivity index (χ0) is 15.1. The second kappa shape index (κ2) is 8.24. The maximum absolute atomic E-state index is 11.6. The highest BCUT2D eigenvalue weighted by Gasteiger charge is 2.28. The van der Waals surface area contributed by atoms with Crippen LogP contribution in [0.3, 0.4) is 0 Å². The monoisotopic (exact) mass is 324 g/mol. The number of esters is 1. The second-order valence-corrected chi connectivity index (χ2v) is 6.49. The summed E-state index contributed by atoms with van der Waals surface area (Å²) in [5.74, 6) is 0.720. The third kappa shape index (κ3) is 4.89. The number of methoxy groups -OCH3 is 1. The normalized spacial score (nSPS) is 18.1. The molecule has 1 saturated heterocycles. The van der Waals surface area contributed by atoms with Gasteiger partial charge in [-0.05, 0) is 24.2 Å². The lowest BCUT2D eigenvalue weighted by Gasteiger charge is -2.33. The molecule has 0 aliphatic carbocycles. The second-order valence-electron chi connectivity index (χ2n) is 4.80. The molecule has 114 valence electrons. The number of thioether (sulfide) groups is 1. The number of carbonyl (C=O) groups excluding carboxylic acids is 1. The molecule has 1 aromatic carbocycles. The Kier molecular flexibility index (Phi) is 6.32. The quantitative estimate of drug-likeness (QED) is 0.671. The van der Waals surface area contributed by atoms with Gasteiger partial charge in [0.1, 0.15) is 5.25 Å². The Hall–Kier alpha value is -1.27. The molecule has 1 atom stereocenters. The number of nitrogens with one attached hydrogen (secondary N) is 1. The highest BCUT2D eigenvalue weighted by molar-refractivity contribution is 8.00. The van der Waals surface area contributed by atoms with Crippen molar-refractivity contribution in [1.29, 1.82) is 0 Å². The predicted molar refractivity (Wildman–Crippen MR) is 90.6 cm³/mol. The summed E-state index contributed by atoms with van der Waals surface area (Å²) in [5, 5.41) is 3.86. The van der Waals surface area contributed by atoms with E-state index < -0.39 is 0 Å². The summed E-state index contributed by atoms with van der Waals surface area (Å²) in [5.41, 5.74) is 1.29. The molecule has 1 N–H and O–H groups in total. The van der Waals surface area contributed by atoms with Crippen molar-refractivity contribution in [3.05, 3.63) is 35.9 Å². The Morgan fingerprint density at radius 3 is 2.95 bits per heavy atom. The van der Waals surface area contributed by atoms with Crippen molar-refractivity contribution in [2.75, 3.05) is 32.5 Å². The molecule has 2 rings (SSSR count). The maximum atomic E-state index is 11.6. The van der Waals surface area contributed by atoms with Crippen molar-refractivity contribution in [3.8, 4) is 0 Å². The van der Waals surface area contributed by atoms with E-state index in [9.17, 15) is 4.79 Å². The summed E-state index contributed by atoms with van der Waals surface area (Å²) in [7, 11) is 1.43. The first kappa shape index (κ1) is 16.1. The first-order valence-electron chi connectivity index (χ1n) is 6.97. The molecule has 21 heavy (non-hydrogen) atoms. The van der Waals surface area contributed by atoms with Crippen LogP contribution < -0.4 is 5.32 Å². The minimum Gasteiger partial charge on any atom is -0.468 e. The summed E-state index contributed by atoms with van der Waals surface area (Å²) < 4.78 is 4.81. The molecule has 0 radical (unpaired) electrons. The van der Waals surface area contributed by atoms with E-state index in [-0.39, 0.29) is 11.2 Å². The molecule has 0 unspecified atom stereocenters. The van der Waals surface area contributed by atoms with Gasteiger partial charge in [0.25, 0.3) is 0 Å². The Morgan fingerprint density at radius 2 is 2.24 bits per heavy atom. The van der Waals surface area contributed by atoms with Crippen LogP contribution in [-0.4, -0.2) is 53.7 Å². The fourth-order valence-corrected chi connectivity index (χ4v) is 3.57. The van der Waals surface area contributed by atoms with Gasteiger partial charge in [-0.2, -0.15) is 0 Å². The molecule has 1 aliphatic heterocycles. The van der Waals surface area contributed by atoms with Crippen molar-refractivity contribution in [3.63, 3.8) is 0 Å². The standard InChI is InChI=1S/C15H20N2O2S2/c1-19-14(18)13-11-17(9-10-21-13)15(20)16-8-7-12-5-3-2-4-6-12/h2-6,13H,7-11H2,1H3,(H,16,20)/t13-/m1/s1. The molecule has 1 aromatic rings. The van der Waals surface area contributed by atoms with Crippen LogP contribution in [0, 0.1) is 0 Å². The van der Waals surface area contributed by atoms with Gasteiger partial charge in [-0.25, -0.2) is 0 Å². The average Bonchev–Trinajstić information content (AvgIpc) is 2.55. The van der Waals surface area contributed by atoms with E-state index in [1.807, 2.05) is 18.2 Å². The minimum atomic E-state index is -0.170. The number of ether oxygens (including phenoxy) is 1. The smallest absolute Gasteiger partial charge is 0.320 e. The van der Waals surface area contributed by atoms with Crippen LogP contribution in [0.5, 0.6) is 0 Å². The summed E-state index contributed by atoms with van der Waals surface area (Å²) in [6, 6.07) is 10.3. The number of nitrogens with zero attached hydrogens (tertiary/aromatic N) is 1. The molecule has 1 aliphatic rings. The first-order chi connectivity index (χ1) is 10.2. The van der Waals surface area contributed by atoms with Crippen molar-refractivity contribution in [1.82, 2.24) is 10.2 Å². The third-order valence-corrected chi connectivity index (χ3v) is 4.92. The van der Waals surface area contributed by atoms with E-state index in [0.717, 1.165) is 30.4 Å². The van der Waals surface area contributed by atoms with Crippen LogP contribution in [0.4, 0.5) is 0 Å². The molecular weight excluding hydrogens is 304 g/mol. The lowest BCUT2D eigenvalue weighted by molar-refractivity contribution is -0.140.